The van der Waals surface area contributed by atoms with Gasteiger partial charge in [-0.1, -0.05) is 35.9 Å². The average Bonchev–Trinajstić information content (AvgIpc) is 3.41. The lowest BCUT2D eigenvalue weighted by Crippen LogP contribution is -2.50. The van der Waals surface area contributed by atoms with Crippen LogP contribution in [0.15, 0.2) is 52.1 Å². The van der Waals surface area contributed by atoms with Crippen LogP contribution in [0.4, 0.5) is 0 Å². The van der Waals surface area contributed by atoms with Gasteiger partial charge in [-0.3, -0.25) is 9.89 Å². The van der Waals surface area contributed by atoms with Crippen molar-refractivity contribution < 1.29 is 13.2 Å². The molecule has 1 saturated heterocycles. The van der Waals surface area contributed by atoms with Crippen molar-refractivity contribution in [3.8, 4) is 11.3 Å². The van der Waals surface area contributed by atoms with Gasteiger partial charge in [-0.15, -0.1) is 11.3 Å². The van der Waals surface area contributed by atoms with E-state index in [-0.39, 0.29) is 19.0 Å². The van der Waals surface area contributed by atoms with Crippen molar-refractivity contribution >= 4 is 27.3 Å². The van der Waals surface area contributed by atoms with E-state index in [1.165, 1.54) is 15.6 Å². The number of nitrogens with one attached hydrogen (secondary N) is 1. The summed E-state index contributed by atoms with van der Waals surface area (Å²) in [7, 11) is -3.47. The average molecular weight is 417 g/mol. The SMILES string of the molecule is Cc1ccc(-c2cc(C(=O)N3CCN(S(=O)(=O)c4cccs4)CC3)[nH]n2)cc1. The van der Waals surface area contributed by atoms with Gasteiger partial charge in [0.05, 0.1) is 5.69 Å². The quantitative estimate of drug-likeness (QED) is 0.708. The molecule has 1 fully saturated rings. The lowest BCUT2D eigenvalue weighted by atomic mass is 10.1. The molecular weight excluding hydrogens is 396 g/mol. The van der Waals surface area contributed by atoms with Gasteiger partial charge in [-0.2, -0.15) is 9.40 Å². The molecule has 0 radical (unpaired) electrons. The third kappa shape index (κ3) is 3.60. The zero-order valence-corrected chi connectivity index (χ0v) is 17.0. The molecule has 3 heterocycles. The van der Waals surface area contributed by atoms with Gasteiger partial charge in [0.1, 0.15) is 9.90 Å². The molecule has 1 aliphatic heterocycles. The number of aryl methyl sites for hydroxylation is 1. The summed E-state index contributed by atoms with van der Waals surface area (Å²) in [6.45, 7) is 3.28. The minimum Gasteiger partial charge on any atom is -0.335 e. The Morgan fingerprint density at radius 3 is 2.46 bits per heavy atom. The third-order valence-electron chi connectivity index (χ3n) is 4.77. The molecule has 0 bridgehead atoms. The smallest absolute Gasteiger partial charge is 0.271 e. The van der Waals surface area contributed by atoms with Crippen molar-refractivity contribution in [3.05, 3.63) is 59.1 Å². The summed E-state index contributed by atoms with van der Waals surface area (Å²) in [6, 6.07) is 13.0. The van der Waals surface area contributed by atoms with Gasteiger partial charge in [0, 0.05) is 31.7 Å². The Morgan fingerprint density at radius 2 is 1.82 bits per heavy atom. The maximum atomic E-state index is 12.8. The van der Waals surface area contributed by atoms with Gasteiger partial charge >= 0.3 is 0 Å². The first kappa shape index (κ1) is 18.9. The molecule has 0 spiro atoms. The standard InChI is InChI=1S/C19H20N4O3S2/c1-14-4-6-15(7-5-14)16-13-17(21-20-16)19(24)22-8-10-23(11-9-22)28(25,26)18-3-2-12-27-18/h2-7,12-13H,8-11H2,1H3,(H,20,21). The van der Waals surface area contributed by atoms with E-state index in [9.17, 15) is 13.2 Å². The van der Waals surface area contributed by atoms with Gasteiger partial charge < -0.3 is 4.90 Å². The second-order valence-electron chi connectivity index (χ2n) is 6.66. The van der Waals surface area contributed by atoms with Crippen molar-refractivity contribution in [2.45, 2.75) is 11.1 Å². The summed E-state index contributed by atoms with van der Waals surface area (Å²) < 4.78 is 27.0. The molecule has 1 N–H and O–H groups in total. The summed E-state index contributed by atoms with van der Waals surface area (Å²) in [6.07, 6.45) is 0. The molecular formula is C19H20N4O3S2. The van der Waals surface area contributed by atoms with Crippen molar-refractivity contribution in [1.29, 1.82) is 0 Å². The van der Waals surface area contributed by atoms with E-state index < -0.39 is 10.0 Å². The van der Waals surface area contributed by atoms with Crippen molar-refractivity contribution in [2.75, 3.05) is 26.2 Å². The number of sulfonamides is 1. The number of hydrogen-bond donors (Lipinski definition) is 1. The van der Waals surface area contributed by atoms with Crippen molar-refractivity contribution in [1.82, 2.24) is 19.4 Å². The maximum Gasteiger partial charge on any atom is 0.271 e. The zero-order chi connectivity index (χ0) is 19.7. The first-order valence-corrected chi connectivity index (χ1v) is 11.2. The topological polar surface area (TPSA) is 86.4 Å². The van der Waals surface area contributed by atoms with Crippen LogP contribution in [0.5, 0.6) is 0 Å². The molecule has 28 heavy (non-hydrogen) atoms. The molecule has 1 aliphatic rings. The zero-order valence-electron chi connectivity index (χ0n) is 15.3. The van der Waals surface area contributed by atoms with E-state index >= 15 is 0 Å². The van der Waals surface area contributed by atoms with E-state index in [1.54, 1.807) is 28.5 Å². The molecule has 7 nitrogen and oxygen atoms in total. The van der Waals surface area contributed by atoms with Gasteiger partial charge in [0.15, 0.2) is 0 Å². The van der Waals surface area contributed by atoms with Crippen LogP contribution in [0.25, 0.3) is 11.3 Å². The number of hydrogen-bond acceptors (Lipinski definition) is 5. The van der Waals surface area contributed by atoms with Gasteiger partial charge in [-0.25, -0.2) is 8.42 Å². The van der Waals surface area contributed by atoms with Crippen LogP contribution in [-0.2, 0) is 10.0 Å². The van der Waals surface area contributed by atoms with Crippen LogP contribution in [0.2, 0.25) is 0 Å². The fourth-order valence-electron chi connectivity index (χ4n) is 3.14. The minimum atomic E-state index is -3.47. The molecule has 4 rings (SSSR count). The number of rotatable bonds is 4. The van der Waals surface area contributed by atoms with Gasteiger partial charge in [-0.05, 0) is 24.4 Å². The Kier molecular flexibility index (Phi) is 5.05. The van der Waals surface area contributed by atoms with Crippen LogP contribution >= 0.6 is 11.3 Å². The lowest BCUT2D eigenvalue weighted by Gasteiger charge is -2.33. The normalized spacial score (nSPS) is 15.7. The highest BCUT2D eigenvalue weighted by Gasteiger charge is 2.31. The minimum absolute atomic E-state index is 0.168. The summed E-state index contributed by atoms with van der Waals surface area (Å²) in [5.74, 6) is -0.168. The second kappa shape index (κ2) is 7.50. The van der Waals surface area contributed by atoms with Crippen LogP contribution < -0.4 is 0 Å². The summed E-state index contributed by atoms with van der Waals surface area (Å²) in [4.78, 5) is 14.4. The number of carbonyl (C=O) groups excluding carboxylic acids is 1. The molecule has 2 aromatic heterocycles. The van der Waals surface area contributed by atoms with E-state index in [4.69, 9.17) is 0 Å². The first-order chi connectivity index (χ1) is 13.4. The number of benzene rings is 1. The second-order valence-corrected chi connectivity index (χ2v) is 9.77. The monoisotopic (exact) mass is 416 g/mol. The maximum absolute atomic E-state index is 12.8. The summed E-state index contributed by atoms with van der Waals surface area (Å²) in [5, 5.41) is 8.80. The summed E-state index contributed by atoms with van der Waals surface area (Å²) >= 11 is 1.21. The fourth-order valence-corrected chi connectivity index (χ4v) is 5.71. The molecule has 0 saturated carbocycles. The summed E-state index contributed by atoms with van der Waals surface area (Å²) in [5.41, 5.74) is 3.21. The third-order valence-corrected chi connectivity index (χ3v) is 8.04. The van der Waals surface area contributed by atoms with E-state index in [1.807, 2.05) is 31.2 Å². The largest absolute Gasteiger partial charge is 0.335 e. The van der Waals surface area contributed by atoms with Gasteiger partial charge in [0.25, 0.3) is 15.9 Å². The molecule has 0 aliphatic carbocycles. The molecule has 3 aromatic rings. The number of nitrogens with zero attached hydrogens (tertiary/aromatic N) is 3. The molecule has 146 valence electrons. The highest BCUT2D eigenvalue weighted by atomic mass is 32.2. The van der Waals surface area contributed by atoms with Crippen LogP contribution in [-0.4, -0.2) is 59.9 Å². The Bertz CT molecular complexity index is 1060. The number of thiophene rings is 1. The highest BCUT2D eigenvalue weighted by molar-refractivity contribution is 7.91. The number of H-pyrrole nitrogens is 1. The van der Waals surface area contributed by atoms with Gasteiger partial charge in [0.2, 0.25) is 0 Å². The number of carbonyl (C=O) groups is 1. The lowest BCUT2D eigenvalue weighted by molar-refractivity contribution is 0.0692. The number of amides is 1. The molecule has 1 amide bonds. The Hall–Kier alpha value is -2.49. The molecule has 0 unspecified atom stereocenters. The molecule has 1 aromatic carbocycles. The first-order valence-electron chi connectivity index (χ1n) is 8.90. The van der Waals surface area contributed by atoms with Crippen LogP contribution in [0, 0.1) is 6.92 Å². The van der Waals surface area contributed by atoms with E-state index in [0.29, 0.717) is 28.7 Å². The Labute approximate surface area is 167 Å². The number of piperazine rings is 1. The van der Waals surface area contributed by atoms with Crippen molar-refractivity contribution in [2.24, 2.45) is 0 Å². The highest BCUT2D eigenvalue weighted by Crippen LogP contribution is 2.23. The number of aromatic amines is 1. The molecule has 0 atom stereocenters. The Morgan fingerprint density at radius 1 is 1.11 bits per heavy atom. The van der Waals surface area contributed by atoms with E-state index in [0.717, 1.165) is 11.1 Å². The fraction of sp³-hybridized carbons (Fsp3) is 0.263. The van der Waals surface area contributed by atoms with Crippen LogP contribution in [0.3, 0.4) is 0 Å². The Balaban J connectivity index is 1.43. The predicted molar refractivity (Wildman–Crippen MR) is 108 cm³/mol. The van der Waals surface area contributed by atoms with Crippen molar-refractivity contribution in [3.63, 3.8) is 0 Å². The van der Waals surface area contributed by atoms with E-state index in [2.05, 4.69) is 10.2 Å². The predicted octanol–water partition coefficient (Wildman–Crippen LogP) is 2.59. The number of aromatic nitrogens is 2. The van der Waals surface area contributed by atoms with Crippen LogP contribution in [0.1, 0.15) is 16.1 Å². The molecule has 9 heteroatoms.